The lowest BCUT2D eigenvalue weighted by atomic mass is 10.1. The maximum absolute atomic E-state index is 13.0. The predicted molar refractivity (Wildman–Crippen MR) is 127 cm³/mol. The van der Waals surface area contributed by atoms with Crippen LogP contribution in [0.4, 0.5) is 10.1 Å². The summed E-state index contributed by atoms with van der Waals surface area (Å²) in [4.78, 5) is 11.9. The number of rotatable bonds is 8. The van der Waals surface area contributed by atoms with Crippen molar-refractivity contribution in [3.8, 4) is 5.75 Å². The first-order chi connectivity index (χ1) is 15.4. The van der Waals surface area contributed by atoms with E-state index in [0.29, 0.717) is 30.4 Å². The largest absolute Gasteiger partial charge is 0.489 e. The van der Waals surface area contributed by atoms with Gasteiger partial charge in [-0.2, -0.15) is 0 Å². The predicted octanol–water partition coefficient (Wildman–Crippen LogP) is 5.38. The highest BCUT2D eigenvalue weighted by Crippen LogP contribution is 2.18. The molecular formula is C25H25FN2O3S. The van der Waals surface area contributed by atoms with Crippen LogP contribution in [-0.4, -0.2) is 17.7 Å². The summed E-state index contributed by atoms with van der Waals surface area (Å²) in [6.07, 6.45) is 0. The normalized spacial score (nSPS) is 10.3. The molecule has 0 unspecified atom stereocenters. The maximum Gasteiger partial charge on any atom is 0.338 e. The van der Waals surface area contributed by atoms with Gasteiger partial charge >= 0.3 is 5.97 Å². The summed E-state index contributed by atoms with van der Waals surface area (Å²) in [5, 5.41) is 6.74. The van der Waals surface area contributed by atoms with Crippen LogP contribution in [0, 0.1) is 12.7 Å². The van der Waals surface area contributed by atoms with Crippen molar-refractivity contribution in [2.75, 3.05) is 11.9 Å². The van der Waals surface area contributed by atoms with E-state index in [4.69, 9.17) is 21.7 Å². The lowest BCUT2D eigenvalue weighted by molar-refractivity contribution is 0.0526. The molecule has 5 nitrogen and oxygen atoms in total. The highest BCUT2D eigenvalue weighted by atomic mass is 32.1. The fraction of sp³-hybridized carbons (Fsp3) is 0.200. The van der Waals surface area contributed by atoms with Crippen molar-refractivity contribution in [2.24, 2.45) is 0 Å². The maximum atomic E-state index is 13.0. The van der Waals surface area contributed by atoms with Crippen LogP contribution in [0.25, 0.3) is 0 Å². The molecule has 0 aliphatic carbocycles. The summed E-state index contributed by atoms with van der Waals surface area (Å²) in [6.45, 7) is 4.93. The molecule has 3 aromatic carbocycles. The molecule has 0 atom stereocenters. The van der Waals surface area contributed by atoms with Crippen molar-refractivity contribution in [3.05, 3.63) is 94.8 Å². The number of esters is 1. The molecule has 0 saturated carbocycles. The van der Waals surface area contributed by atoms with E-state index in [9.17, 15) is 9.18 Å². The molecule has 0 aromatic heterocycles. The number of carbonyl (C=O) groups is 1. The molecule has 2 N–H and O–H groups in total. The number of halogens is 1. The van der Waals surface area contributed by atoms with Crippen LogP contribution in [-0.2, 0) is 17.9 Å². The number of carbonyl (C=O) groups excluding carboxylic acids is 1. The fourth-order valence-corrected chi connectivity index (χ4v) is 3.08. The first kappa shape index (κ1) is 23.2. The summed E-state index contributed by atoms with van der Waals surface area (Å²) >= 11 is 5.40. The Kier molecular flexibility index (Phi) is 8.16. The van der Waals surface area contributed by atoms with E-state index in [-0.39, 0.29) is 11.8 Å². The average Bonchev–Trinajstić information content (AvgIpc) is 2.79. The van der Waals surface area contributed by atoms with E-state index >= 15 is 0 Å². The Hall–Kier alpha value is -3.45. The van der Waals surface area contributed by atoms with Gasteiger partial charge in [-0.25, -0.2) is 9.18 Å². The molecule has 0 radical (unpaired) electrons. The third-order valence-electron chi connectivity index (χ3n) is 4.69. The summed E-state index contributed by atoms with van der Waals surface area (Å²) in [5.74, 6) is 0.0983. The monoisotopic (exact) mass is 452 g/mol. The van der Waals surface area contributed by atoms with Crippen LogP contribution >= 0.6 is 12.2 Å². The molecule has 0 aliphatic heterocycles. The molecule has 0 saturated heterocycles. The van der Waals surface area contributed by atoms with Gasteiger partial charge in [-0.15, -0.1) is 0 Å². The zero-order chi connectivity index (χ0) is 22.9. The van der Waals surface area contributed by atoms with Crippen molar-refractivity contribution in [1.29, 1.82) is 0 Å². The van der Waals surface area contributed by atoms with Gasteiger partial charge in [-0.3, -0.25) is 0 Å². The zero-order valence-electron chi connectivity index (χ0n) is 18.0. The fourth-order valence-electron chi connectivity index (χ4n) is 2.90. The van der Waals surface area contributed by atoms with Gasteiger partial charge in [0.25, 0.3) is 0 Å². The minimum Gasteiger partial charge on any atom is -0.489 e. The highest BCUT2D eigenvalue weighted by molar-refractivity contribution is 7.80. The zero-order valence-corrected chi connectivity index (χ0v) is 18.8. The first-order valence-electron chi connectivity index (χ1n) is 10.2. The third-order valence-corrected chi connectivity index (χ3v) is 4.94. The minimum atomic E-state index is -0.365. The summed E-state index contributed by atoms with van der Waals surface area (Å²) < 4.78 is 23.7. The van der Waals surface area contributed by atoms with Crippen molar-refractivity contribution in [3.63, 3.8) is 0 Å². The van der Waals surface area contributed by atoms with E-state index in [1.807, 2.05) is 37.3 Å². The Labute approximate surface area is 192 Å². The number of hydrogen-bond acceptors (Lipinski definition) is 4. The molecule has 0 aliphatic rings. The van der Waals surface area contributed by atoms with Crippen LogP contribution in [0.3, 0.4) is 0 Å². The topological polar surface area (TPSA) is 59.6 Å². The SMILES string of the molecule is CCOC(=O)c1ccc(C)c(NC(=S)NCc2ccc(OCc3ccc(F)cc3)cc2)c1. The quantitative estimate of drug-likeness (QED) is 0.354. The highest BCUT2D eigenvalue weighted by Gasteiger charge is 2.10. The van der Waals surface area contributed by atoms with Crippen molar-refractivity contribution in [1.82, 2.24) is 5.32 Å². The number of thiocarbonyl (C=S) groups is 1. The van der Waals surface area contributed by atoms with Gasteiger partial charge in [0.05, 0.1) is 12.2 Å². The first-order valence-corrected chi connectivity index (χ1v) is 10.6. The average molecular weight is 453 g/mol. The van der Waals surface area contributed by atoms with E-state index < -0.39 is 0 Å². The standard InChI is InChI=1S/C25H25FN2O3S/c1-3-30-24(29)20-9-4-17(2)23(14-20)28-25(32)27-15-18-7-12-22(13-8-18)31-16-19-5-10-21(26)11-6-19/h4-14H,3,15-16H2,1-2H3,(H2,27,28,32). The van der Waals surface area contributed by atoms with E-state index in [1.54, 1.807) is 31.2 Å². The van der Waals surface area contributed by atoms with Crippen LogP contribution in [0.1, 0.15) is 34.0 Å². The Morgan fingerprint density at radius 2 is 1.69 bits per heavy atom. The van der Waals surface area contributed by atoms with Gasteiger partial charge in [0, 0.05) is 12.2 Å². The molecule has 0 bridgehead atoms. The van der Waals surface area contributed by atoms with E-state index in [1.165, 1.54) is 12.1 Å². The van der Waals surface area contributed by atoms with Crippen LogP contribution in [0.2, 0.25) is 0 Å². The molecule has 7 heteroatoms. The smallest absolute Gasteiger partial charge is 0.338 e. The summed E-state index contributed by atoms with van der Waals surface area (Å²) in [7, 11) is 0. The van der Waals surface area contributed by atoms with Crippen LogP contribution in [0.5, 0.6) is 5.75 Å². The van der Waals surface area contributed by atoms with Gasteiger partial charge in [0.1, 0.15) is 18.2 Å². The number of ether oxygens (including phenoxy) is 2. The second-order valence-corrected chi connectivity index (χ2v) is 7.53. The molecule has 32 heavy (non-hydrogen) atoms. The Morgan fingerprint density at radius 3 is 2.38 bits per heavy atom. The molecule has 166 valence electrons. The Balaban J connectivity index is 1.50. The van der Waals surface area contributed by atoms with Gasteiger partial charge in [0.15, 0.2) is 5.11 Å². The number of nitrogens with one attached hydrogen (secondary N) is 2. The van der Waals surface area contributed by atoms with Crippen LogP contribution < -0.4 is 15.4 Å². The van der Waals surface area contributed by atoms with Gasteiger partial charge < -0.3 is 20.1 Å². The van der Waals surface area contributed by atoms with E-state index in [2.05, 4.69) is 10.6 Å². The lowest BCUT2D eigenvalue weighted by Gasteiger charge is -2.14. The summed E-state index contributed by atoms with van der Waals surface area (Å²) in [5.41, 5.74) is 4.11. The summed E-state index contributed by atoms with van der Waals surface area (Å²) in [6, 6.07) is 19.2. The van der Waals surface area contributed by atoms with Crippen molar-refractivity contribution >= 4 is 29.0 Å². The molecule has 3 aromatic rings. The number of anilines is 1. The van der Waals surface area contributed by atoms with E-state index in [0.717, 1.165) is 28.1 Å². The minimum absolute atomic E-state index is 0.264. The Morgan fingerprint density at radius 1 is 1.00 bits per heavy atom. The van der Waals surface area contributed by atoms with Gasteiger partial charge in [-0.1, -0.05) is 30.3 Å². The van der Waals surface area contributed by atoms with Crippen LogP contribution in [0.15, 0.2) is 66.7 Å². The Bertz CT molecular complexity index is 1070. The third kappa shape index (κ3) is 6.78. The molecular weight excluding hydrogens is 427 g/mol. The number of aryl methyl sites for hydroxylation is 1. The second-order valence-electron chi connectivity index (χ2n) is 7.12. The second kappa shape index (κ2) is 11.2. The molecule has 0 heterocycles. The molecule has 3 rings (SSSR count). The number of benzene rings is 3. The molecule has 0 fully saturated rings. The van der Waals surface area contributed by atoms with Crippen molar-refractivity contribution in [2.45, 2.75) is 27.0 Å². The molecule has 0 spiro atoms. The van der Waals surface area contributed by atoms with Gasteiger partial charge in [0.2, 0.25) is 0 Å². The lowest BCUT2D eigenvalue weighted by Crippen LogP contribution is -2.28. The molecule has 0 amide bonds. The number of hydrogen-bond donors (Lipinski definition) is 2. The van der Waals surface area contributed by atoms with Crippen molar-refractivity contribution < 1.29 is 18.7 Å². The van der Waals surface area contributed by atoms with Gasteiger partial charge in [-0.05, 0) is 79.2 Å².